The van der Waals surface area contributed by atoms with E-state index in [1.165, 1.54) is 11.8 Å². The molecule has 28 heavy (non-hydrogen) atoms. The number of nitrogens with zero attached hydrogens (tertiary/aromatic N) is 3. The van der Waals surface area contributed by atoms with Crippen LogP contribution in [-0.4, -0.2) is 32.1 Å². The molecule has 0 fully saturated rings. The molecule has 0 aliphatic rings. The van der Waals surface area contributed by atoms with Crippen LogP contribution in [0.1, 0.15) is 31.9 Å². The van der Waals surface area contributed by atoms with Crippen molar-refractivity contribution in [1.82, 2.24) is 14.8 Å². The lowest BCUT2D eigenvalue weighted by Gasteiger charge is -2.19. The number of carbonyl (C=O) groups excluding carboxylic acids is 1. The Kier molecular flexibility index (Phi) is 5.89. The first kappa shape index (κ1) is 20.1. The summed E-state index contributed by atoms with van der Waals surface area (Å²) in [5.41, 5.74) is 3.74. The molecular weight excluding hydrogens is 370 g/mol. The van der Waals surface area contributed by atoms with Gasteiger partial charge in [-0.25, -0.2) is 0 Å². The van der Waals surface area contributed by atoms with Crippen LogP contribution in [0.25, 0.3) is 17.1 Å². The van der Waals surface area contributed by atoms with Crippen molar-refractivity contribution < 1.29 is 9.53 Å². The molecule has 0 radical (unpaired) electrons. The van der Waals surface area contributed by atoms with Crippen LogP contribution in [0.2, 0.25) is 0 Å². The fourth-order valence-corrected chi connectivity index (χ4v) is 3.58. The molecule has 2 aromatic carbocycles. The van der Waals surface area contributed by atoms with Gasteiger partial charge in [0, 0.05) is 5.56 Å². The Morgan fingerprint density at radius 3 is 2.50 bits per heavy atom. The average molecular weight is 396 g/mol. The molecule has 0 saturated carbocycles. The summed E-state index contributed by atoms with van der Waals surface area (Å²) in [6.07, 6.45) is 0. The Balaban J connectivity index is 1.99. The molecular formula is C22H25N3O2S. The van der Waals surface area contributed by atoms with Crippen LogP contribution in [0.15, 0.2) is 53.7 Å². The molecule has 3 aromatic rings. The quantitative estimate of drug-likeness (QED) is 0.450. The Labute approximate surface area is 170 Å². The third kappa shape index (κ3) is 4.81. The molecule has 0 bridgehead atoms. The molecule has 0 amide bonds. The summed E-state index contributed by atoms with van der Waals surface area (Å²) in [7, 11) is 0. The first-order valence-corrected chi connectivity index (χ1v) is 10.2. The van der Waals surface area contributed by atoms with Gasteiger partial charge in [-0.15, -0.1) is 10.2 Å². The number of aromatic nitrogens is 3. The van der Waals surface area contributed by atoms with Crippen molar-refractivity contribution in [2.45, 2.75) is 45.4 Å². The molecule has 0 spiro atoms. The first-order valence-electron chi connectivity index (χ1n) is 9.18. The highest BCUT2D eigenvalue weighted by Crippen LogP contribution is 2.30. The van der Waals surface area contributed by atoms with Gasteiger partial charge < -0.3 is 4.74 Å². The van der Waals surface area contributed by atoms with Gasteiger partial charge >= 0.3 is 5.97 Å². The smallest absolute Gasteiger partial charge is 0.316 e. The van der Waals surface area contributed by atoms with Gasteiger partial charge in [0.25, 0.3) is 0 Å². The minimum absolute atomic E-state index is 0.176. The van der Waals surface area contributed by atoms with Crippen molar-refractivity contribution in [3.8, 4) is 17.1 Å². The lowest BCUT2D eigenvalue weighted by molar-refractivity contribution is -0.151. The number of esters is 1. The maximum atomic E-state index is 12.2. The number of hydrogen-bond acceptors (Lipinski definition) is 5. The number of ether oxygens (including phenoxy) is 1. The van der Waals surface area contributed by atoms with E-state index in [1.54, 1.807) is 0 Å². The van der Waals surface area contributed by atoms with Crippen LogP contribution in [0.5, 0.6) is 0 Å². The summed E-state index contributed by atoms with van der Waals surface area (Å²) in [6.45, 7) is 9.69. The van der Waals surface area contributed by atoms with Crippen molar-refractivity contribution in [2.75, 3.05) is 5.75 Å². The largest absolute Gasteiger partial charge is 0.459 e. The third-order valence-corrected chi connectivity index (χ3v) is 4.91. The standard InChI is InChI=1S/C22H25N3O2S/c1-15-9-8-11-17(13-15)20-23-24-21(28-14-19(26)27-22(3,4)5)25(20)18-12-7-6-10-16(18)2/h6-13H,14H2,1-5H3. The van der Waals surface area contributed by atoms with E-state index in [4.69, 9.17) is 4.74 Å². The van der Waals surface area contributed by atoms with E-state index >= 15 is 0 Å². The molecule has 0 aliphatic carbocycles. The predicted molar refractivity (Wildman–Crippen MR) is 113 cm³/mol. The molecule has 0 atom stereocenters. The van der Waals surface area contributed by atoms with Gasteiger partial charge in [-0.2, -0.15) is 0 Å². The lowest BCUT2D eigenvalue weighted by Crippen LogP contribution is -2.25. The van der Waals surface area contributed by atoms with Crippen molar-refractivity contribution in [1.29, 1.82) is 0 Å². The molecule has 5 nitrogen and oxygen atoms in total. The number of benzene rings is 2. The summed E-state index contributed by atoms with van der Waals surface area (Å²) in [6, 6.07) is 16.3. The minimum Gasteiger partial charge on any atom is -0.459 e. The van der Waals surface area contributed by atoms with Crippen molar-refractivity contribution in [2.24, 2.45) is 0 Å². The molecule has 3 rings (SSSR count). The SMILES string of the molecule is Cc1cccc(-c2nnc(SCC(=O)OC(C)(C)C)n2-c2ccccc2C)c1. The van der Waals surface area contributed by atoms with E-state index in [2.05, 4.69) is 42.2 Å². The van der Waals surface area contributed by atoms with Crippen LogP contribution >= 0.6 is 11.8 Å². The number of carbonyl (C=O) groups is 1. The molecule has 1 heterocycles. The van der Waals surface area contributed by atoms with Crippen molar-refractivity contribution >= 4 is 17.7 Å². The fraction of sp³-hybridized carbons (Fsp3) is 0.318. The number of aryl methyl sites for hydroxylation is 2. The molecule has 0 saturated heterocycles. The van der Waals surface area contributed by atoms with Gasteiger partial charge in [0.15, 0.2) is 11.0 Å². The number of para-hydroxylation sites is 1. The molecule has 0 unspecified atom stereocenters. The summed E-state index contributed by atoms with van der Waals surface area (Å²) in [5, 5.41) is 9.48. The van der Waals surface area contributed by atoms with Gasteiger partial charge in [-0.1, -0.05) is 53.7 Å². The highest BCUT2D eigenvalue weighted by molar-refractivity contribution is 7.99. The Morgan fingerprint density at radius 1 is 1.07 bits per heavy atom. The molecule has 146 valence electrons. The van der Waals surface area contributed by atoms with Gasteiger partial charge in [0.05, 0.1) is 11.4 Å². The first-order chi connectivity index (χ1) is 13.2. The zero-order valence-corrected chi connectivity index (χ0v) is 17.7. The van der Waals surface area contributed by atoms with Crippen molar-refractivity contribution in [3.63, 3.8) is 0 Å². The van der Waals surface area contributed by atoms with E-state index in [9.17, 15) is 4.79 Å². The van der Waals surface area contributed by atoms with Crippen LogP contribution in [0, 0.1) is 13.8 Å². The maximum Gasteiger partial charge on any atom is 0.316 e. The summed E-state index contributed by atoms with van der Waals surface area (Å²) in [4.78, 5) is 12.2. The lowest BCUT2D eigenvalue weighted by atomic mass is 10.1. The van der Waals surface area contributed by atoms with Gasteiger partial charge in [-0.3, -0.25) is 9.36 Å². The van der Waals surface area contributed by atoms with Gasteiger partial charge in [-0.05, 0) is 52.3 Å². The second-order valence-corrected chi connectivity index (χ2v) is 8.62. The highest BCUT2D eigenvalue weighted by Gasteiger charge is 2.21. The second-order valence-electron chi connectivity index (χ2n) is 7.67. The Morgan fingerprint density at radius 2 is 1.82 bits per heavy atom. The van der Waals surface area contributed by atoms with Gasteiger partial charge in [0.2, 0.25) is 0 Å². The molecule has 1 aromatic heterocycles. The summed E-state index contributed by atoms with van der Waals surface area (Å²) in [5.74, 6) is 0.661. The van der Waals surface area contributed by atoms with E-state index in [-0.39, 0.29) is 11.7 Å². The second kappa shape index (κ2) is 8.19. The van der Waals surface area contributed by atoms with Crippen LogP contribution in [0.3, 0.4) is 0 Å². The highest BCUT2D eigenvalue weighted by atomic mass is 32.2. The normalized spacial score (nSPS) is 11.5. The topological polar surface area (TPSA) is 57.0 Å². The van der Waals surface area contributed by atoms with E-state index in [1.807, 2.05) is 55.7 Å². The average Bonchev–Trinajstić information content (AvgIpc) is 3.02. The number of rotatable bonds is 5. The van der Waals surface area contributed by atoms with E-state index < -0.39 is 5.60 Å². The van der Waals surface area contributed by atoms with Gasteiger partial charge in [0.1, 0.15) is 5.60 Å². The third-order valence-electron chi connectivity index (χ3n) is 4.01. The van der Waals surface area contributed by atoms with Crippen LogP contribution in [-0.2, 0) is 9.53 Å². The van der Waals surface area contributed by atoms with E-state index in [0.29, 0.717) is 5.16 Å². The monoisotopic (exact) mass is 395 g/mol. The zero-order chi connectivity index (χ0) is 20.3. The summed E-state index contributed by atoms with van der Waals surface area (Å²) >= 11 is 1.33. The number of hydrogen-bond donors (Lipinski definition) is 0. The van der Waals surface area contributed by atoms with Crippen molar-refractivity contribution in [3.05, 3.63) is 59.7 Å². The molecule has 6 heteroatoms. The fourth-order valence-electron chi connectivity index (χ4n) is 2.86. The van der Waals surface area contributed by atoms with Crippen LogP contribution in [0.4, 0.5) is 0 Å². The Hall–Kier alpha value is -2.60. The number of thioether (sulfide) groups is 1. The predicted octanol–water partition coefficient (Wildman–Crippen LogP) is 4.98. The maximum absolute atomic E-state index is 12.2. The summed E-state index contributed by atoms with van der Waals surface area (Å²) < 4.78 is 7.43. The zero-order valence-electron chi connectivity index (χ0n) is 16.9. The van der Waals surface area contributed by atoms with Crippen LogP contribution < -0.4 is 0 Å². The van der Waals surface area contributed by atoms with E-state index in [0.717, 1.165) is 28.2 Å². The molecule has 0 N–H and O–H groups in total. The Bertz CT molecular complexity index is 989. The minimum atomic E-state index is -0.506. The molecule has 0 aliphatic heterocycles.